The van der Waals surface area contributed by atoms with E-state index in [2.05, 4.69) is 12.1 Å². The normalized spacial score (nSPS) is 16.1. The Kier molecular flexibility index (Phi) is 5.92. The monoisotopic (exact) mass is 407 g/mol. The summed E-state index contributed by atoms with van der Waals surface area (Å²) in [5.74, 6) is 0. The molecule has 1 aliphatic heterocycles. The molecule has 3 aromatic rings. The number of halogens is 2. The molecule has 1 aliphatic rings. The van der Waals surface area contributed by atoms with Gasteiger partial charge in [0.1, 0.15) is 0 Å². The molecule has 4 rings (SSSR count). The third-order valence-corrected chi connectivity index (χ3v) is 5.40. The van der Waals surface area contributed by atoms with Crippen molar-refractivity contribution in [1.82, 2.24) is 0 Å². The van der Waals surface area contributed by atoms with Gasteiger partial charge in [-0.2, -0.15) is 0 Å². The fourth-order valence-electron chi connectivity index (χ4n) is 3.22. The molecule has 0 amide bonds. The van der Waals surface area contributed by atoms with Gasteiger partial charge in [0.25, 0.3) is 0 Å². The van der Waals surface area contributed by atoms with Gasteiger partial charge < -0.3 is 4.74 Å². The SMILES string of the molecule is Clc1ccccc1C=CC1=NC(OCc2ccccc2Cl)Cc2ccccc21. The van der Waals surface area contributed by atoms with Crippen molar-refractivity contribution < 1.29 is 4.74 Å². The highest BCUT2D eigenvalue weighted by atomic mass is 35.5. The van der Waals surface area contributed by atoms with Crippen LogP contribution < -0.4 is 0 Å². The first kappa shape index (κ1) is 18.9. The third kappa shape index (κ3) is 4.36. The molecular formula is C24H19Cl2NO. The molecule has 0 fully saturated rings. The van der Waals surface area contributed by atoms with Gasteiger partial charge in [-0.3, -0.25) is 4.99 Å². The second kappa shape index (κ2) is 8.74. The molecule has 1 atom stereocenters. The minimum absolute atomic E-state index is 0.253. The first-order valence-corrected chi connectivity index (χ1v) is 9.90. The lowest BCUT2D eigenvalue weighted by Crippen LogP contribution is -2.22. The highest BCUT2D eigenvalue weighted by Crippen LogP contribution is 2.24. The summed E-state index contributed by atoms with van der Waals surface area (Å²) in [5.41, 5.74) is 5.17. The fraction of sp³-hybridized carbons (Fsp3) is 0.125. The topological polar surface area (TPSA) is 21.6 Å². The molecule has 1 unspecified atom stereocenters. The van der Waals surface area contributed by atoms with Crippen LogP contribution in [0.2, 0.25) is 10.0 Å². The molecule has 0 spiro atoms. The van der Waals surface area contributed by atoms with E-state index in [4.69, 9.17) is 32.9 Å². The van der Waals surface area contributed by atoms with Gasteiger partial charge in [-0.1, -0.05) is 89.9 Å². The van der Waals surface area contributed by atoms with E-state index < -0.39 is 0 Å². The van der Waals surface area contributed by atoms with Crippen LogP contribution in [0.4, 0.5) is 0 Å². The van der Waals surface area contributed by atoms with Crippen molar-refractivity contribution in [1.29, 1.82) is 0 Å². The summed E-state index contributed by atoms with van der Waals surface area (Å²) in [6, 6.07) is 23.8. The summed E-state index contributed by atoms with van der Waals surface area (Å²) in [4.78, 5) is 4.83. The summed E-state index contributed by atoms with van der Waals surface area (Å²) in [6.45, 7) is 0.428. The summed E-state index contributed by atoms with van der Waals surface area (Å²) in [7, 11) is 0. The van der Waals surface area contributed by atoms with Gasteiger partial charge in [0.2, 0.25) is 0 Å². The van der Waals surface area contributed by atoms with Gasteiger partial charge in [-0.15, -0.1) is 0 Å². The van der Waals surface area contributed by atoms with Crippen LogP contribution in [0.1, 0.15) is 22.3 Å². The number of rotatable bonds is 5. The third-order valence-electron chi connectivity index (χ3n) is 4.69. The Morgan fingerprint density at radius 2 is 1.57 bits per heavy atom. The van der Waals surface area contributed by atoms with Crippen LogP contribution in [-0.4, -0.2) is 11.9 Å². The molecule has 3 aromatic carbocycles. The number of ether oxygens (including phenoxy) is 1. The largest absolute Gasteiger partial charge is 0.351 e. The van der Waals surface area contributed by atoms with E-state index in [1.807, 2.05) is 72.8 Å². The maximum absolute atomic E-state index is 6.27. The zero-order valence-electron chi connectivity index (χ0n) is 15.2. The standard InChI is InChI=1S/C24H19Cl2NO/c25-21-11-5-2-7-17(21)13-14-23-20-10-4-1-8-18(20)15-24(27-23)28-16-19-9-3-6-12-22(19)26/h1-14,24H,15-16H2. The Morgan fingerprint density at radius 1 is 0.857 bits per heavy atom. The number of hydrogen-bond donors (Lipinski definition) is 0. The van der Waals surface area contributed by atoms with E-state index in [1.165, 1.54) is 5.56 Å². The van der Waals surface area contributed by atoms with E-state index in [-0.39, 0.29) is 6.23 Å². The molecule has 0 aromatic heterocycles. The highest BCUT2D eigenvalue weighted by molar-refractivity contribution is 6.32. The van der Waals surface area contributed by atoms with Gasteiger partial charge in [0, 0.05) is 22.0 Å². The van der Waals surface area contributed by atoms with E-state index in [1.54, 1.807) is 0 Å². The number of aliphatic imine (C=N–C) groups is 1. The molecule has 0 bridgehead atoms. The van der Waals surface area contributed by atoms with E-state index >= 15 is 0 Å². The van der Waals surface area contributed by atoms with E-state index in [0.29, 0.717) is 11.6 Å². The van der Waals surface area contributed by atoms with Crippen LogP contribution >= 0.6 is 23.2 Å². The molecule has 2 nitrogen and oxygen atoms in total. The minimum atomic E-state index is -0.253. The van der Waals surface area contributed by atoms with Crippen LogP contribution in [0.5, 0.6) is 0 Å². The average molecular weight is 408 g/mol. The molecule has 0 radical (unpaired) electrons. The molecule has 1 heterocycles. The lowest BCUT2D eigenvalue weighted by atomic mass is 9.96. The average Bonchev–Trinajstić information content (AvgIpc) is 2.72. The number of benzene rings is 3. The van der Waals surface area contributed by atoms with Gasteiger partial charge in [-0.25, -0.2) is 0 Å². The van der Waals surface area contributed by atoms with Crippen LogP contribution in [0, 0.1) is 0 Å². The molecule has 140 valence electrons. The molecule has 28 heavy (non-hydrogen) atoms. The molecule has 0 aliphatic carbocycles. The van der Waals surface area contributed by atoms with Gasteiger partial charge in [-0.05, 0) is 34.9 Å². The van der Waals surface area contributed by atoms with Crippen LogP contribution in [0.25, 0.3) is 6.08 Å². The summed E-state index contributed by atoms with van der Waals surface area (Å²) < 4.78 is 6.08. The van der Waals surface area contributed by atoms with Crippen molar-refractivity contribution in [2.45, 2.75) is 19.3 Å². The van der Waals surface area contributed by atoms with Crippen molar-refractivity contribution in [2.24, 2.45) is 4.99 Å². The Hall–Kier alpha value is -2.39. The fourth-order valence-corrected chi connectivity index (χ4v) is 3.61. The van der Waals surface area contributed by atoms with E-state index in [9.17, 15) is 0 Å². The second-order valence-electron chi connectivity index (χ2n) is 6.59. The first-order chi connectivity index (χ1) is 13.7. The minimum Gasteiger partial charge on any atom is -0.351 e. The predicted octanol–water partition coefficient (Wildman–Crippen LogP) is 6.59. The van der Waals surface area contributed by atoms with Crippen molar-refractivity contribution in [3.05, 3.63) is 111 Å². The summed E-state index contributed by atoms with van der Waals surface area (Å²) in [5, 5.41) is 1.43. The maximum Gasteiger partial charge on any atom is 0.153 e. The molecular weight excluding hydrogens is 389 g/mol. The summed E-state index contributed by atoms with van der Waals surface area (Å²) >= 11 is 12.5. The number of allylic oxidation sites excluding steroid dienone is 1. The van der Waals surface area contributed by atoms with E-state index in [0.717, 1.165) is 33.8 Å². The molecule has 0 saturated carbocycles. The van der Waals surface area contributed by atoms with Crippen molar-refractivity contribution in [3.63, 3.8) is 0 Å². The van der Waals surface area contributed by atoms with Crippen LogP contribution in [-0.2, 0) is 17.8 Å². The van der Waals surface area contributed by atoms with Gasteiger partial charge in [0.05, 0.1) is 12.3 Å². The first-order valence-electron chi connectivity index (χ1n) is 9.14. The number of fused-ring (bicyclic) bond motifs is 1. The Labute approximate surface area is 175 Å². The summed E-state index contributed by atoms with van der Waals surface area (Å²) in [6.07, 6.45) is 4.49. The molecule has 0 N–H and O–H groups in total. The maximum atomic E-state index is 6.27. The quantitative estimate of drug-likeness (QED) is 0.466. The second-order valence-corrected chi connectivity index (χ2v) is 7.40. The smallest absolute Gasteiger partial charge is 0.153 e. The van der Waals surface area contributed by atoms with Crippen molar-refractivity contribution >= 4 is 35.0 Å². The van der Waals surface area contributed by atoms with Crippen molar-refractivity contribution in [2.75, 3.05) is 0 Å². The Bertz CT molecular complexity index is 1040. The van der Waals surface area contributed by atoms with Gasteiger partial charge >= 0.3 is 0 Å². The zero-order chi connectivity index (χ0) is 19.3. The highest BCUT2D eigenvalue weighted by Gasteiger charge is 2.20. The number of nitrogens with zero attached hydrogens (tertiary/aromatic N) is 1. The van der Waals surface area contributed by atoms with Crippen molar-refractivity contribution in [3.8, 4) is 0 Å². The van der Waals surface area contributed by atoms with Gasteiger partial charge in [0.15, 0.2) is 6.23 Å². The molecule has 0 saturated heterocycles. The molecule has 4 heteroatoms. The Balaban J connectivity index is 1.58. The van der Waals surface area contributed by atoms with Crippen LogP contribution in [0.3, 0.4) is 0 Å². The lowest BCUT2D eigenvalue weighted by Gasteiger charge is -2.22. The Morgan fingerprint density at radius 3 is 2.39 bits per heavy atom. The number of hydrogen-bond acceptors (Lipinski definition) is 2. The lowest BCUT2D eigenvalue weighted by molar-refractivity contribution is 0.0462. The van der Waals surface area contributed by atoms with Crippen LogP contribution in [0.15, 0.2) is 83.9 Å². The predicted molar refractivity (Wildman–Crippen MR) is 117 cm³/mol. The zero-order valence-corrected chi connectivity index (χ0v) is 16.7.